The Balaban J connectivity index is 1.59. The molecule has 1 aliphatic rings. The maximum atomic E-state index is 12.7. The Morgan fingerprint density at radius 1 is 1.19 bits per heavy atom. The van der Waals surface area contributed by atoms with E-state index in [0.717, 1.165) is 35.6 Å². The monoisotopic (exact) mass is 361 g/mol. The van der Waals surface area contributed by atoms with E-state index in [1.165, 1.54) is 0 Å². The molecule has 0 saturated carbocycles. The summed E-state index contributed by atoms with van der Waals surface area (Å²) in [6.07, 6.45) is 1.97. The summed E-state index contributed by atoms with van der Waals surface area (Å²) in [5.41, 5.74) is 4.02. The van der Waals surface area contributed by atoms with Crippen molar-refractivity contribution in [3.63, 3.8) is 0 Å². The highest BCUT2D eigenvalue weighted by molar-refractivity contribution is 6.05. The second kappa shape index (κ2) is 7.32. The second-order valence-corrected chi connectivity index (χ2v) is 7.14. The molecule has 0 unspecified atom stereocenters. The van der Waals surface area contributed by atoms with Gasteiger partial charge in [0.2, 0.25) is 0 Å². The van der Waals surface area contributed by atoms with Gasteiger partial charge < -0.3 is 10.6 Å². The lowest BCUT2D eigenvalue weighted by molar-refractivity contribution is 0.102. The van der Waals surface area contributed by atoms with Crippen LogP contribution >= 0.6 is 0 Å². The van der Waals surface area contributed by atoms with Gasteiger partial charge in [-0.15, -0.1) is 5.10 Å². The van der Waals surface area contributed by atoms with E-state index < -0.39 is 0 Å². The Morgan fingerprint density at radius 3 is 2.74 bits per heavy atom. The Hall–Kier alpha value is -2.99. The fourth-order valence-electron chi connectivity index (χ4n) is 3.47. The van der Waals surface area contributed by atoms with Gasteiger partial charge in [0, 0.05) is 23.4 Å². The fourth-order valence-corrected chi connectivity index (χ4v) is 3.47. The van der Waals surface area contributed by atoms with E-state index in [9.17, 15) is 4.79 Å². The van der Waals surface area contributed by atoms with E-state index >= 15 is 0 Å². The molecule has 2 aromatic carbocycles. The standard InChI is InChI=1S/C21H23N5O/c1-14-8-9-16(10-18(14)21(27)23-17-6-4-3-5-7-17)19-13-26(25-24-19)20-12-22-11-15(20)2/h3-10,13,15,20,22H,11-12H2,1-2H3,(H,23,27)/t15-,20+/m1/s1. The van der Waals surface area contributed by atoms with Crippen molar-refractivity contribution in [1.82, 2.24) is 20.3 Å². The Labute approximate surface area is 158 Å². The van der Waals surface area contributed by atoms with Crippen LogP contribution in [-0.2, 0) is 0 Å². The van der Waals surface area contributed by atoms with Crippen LogP contribution in [0.5, 0.6) is 0 Å². The van der Waals surface area contributed by atoms with Gasteiger partial charge in [0.15, 0.2) is 0 Å². The maximum Gasteiger partial charge on any atom is 0.255 e. The highest BCUT2D eigenvalue weighted by Crippen LogP contribution is 2.25. The molecule has 0 aliphatic carbocycles. The Bertz CT molecular complexity index is 950. The van der Waals surface area contributed by atoms with E-state index in [0.29, 0.717) is 17.5 Å². The van der Waals surface area contributed by atoms with E-state index in [-0.39, 0.29) is 5.91 Å². The number of aromatic nitrogens is 3. The van der Waals surface area contributed by atoms with Gasteiger partial charge in [0.05, 0.1) is 12.2 Å². The molecule has 1 aliphatic heterocycles. The van der Waals surface area contributed by atoms with Crippen LogP contribution < -0.4 is 10.6 Å². The summed E-state index contributed by atoms with van der Waals surface area (Å²) in [4.78, 5) is 12.7. The number of nitrogens with one attached hydrogen (secondary N) is 2. The Kier molecular flexibility index (Phi) is 4.73. The van der Waals surface area contributed by atoms with Crippen LogP contribution in [0.25, 0.3) is 11.3 Å². The third kappa shape index (κ3) is 3.61. The number of amides is 1. The zero-order valence-corrected chi connectivity index (χ0v) is 15.5. The summed E-state index contributed by atoms with van der Waals surface area (Å²) in [7, 11) is 0. The largest absolute Gasteiger partial charge is 0.322 e. The summed E-state index contributed by atoms with van der Waals surface area (Å²) in [6, 6.07) is 15.6. The number of aryl methyl sites for hydroxylation is 1. The lowest BCUT2D eigenvalue weighted by Gasteiger charge is -2.13. The van der Waals surface area contributed by atoms with Crippen LogP contribution in [0.1, 0.15) is 28.9 Å². The molecule has 0 bridgehead atoms. The average molecular weight is 361 g/mol. The topological polar surface area (TPSA) is 71.8 Å². The van der Waals surface area contributed by atoms with E-state index in [4.69, 9.17) is 0 Å². The van der Waals surface area contributed by atoms with Gasteiger partial charge in [-0.2, -0.15) is 0 Å². The first-order chi connectivity index (χ1) is 13.1. The number of carbonyl (C=O) groups excluding carboxylic acids is 1. The number of hydrogen-bond donors (Lipinski definition) is 2. The molecule has 2 heterocycles. The first kappa shape index (κ1) is 17.4. The van der Waals surface area contributed by atoms with Gasteiger partial charge in [-0.25, -0.2) is 4.68 Å². The zero-order chi connectivity index (χ0) is 18.8. The molecule has 1 fully saturated rings. The van der Waals surface area contributed by atoms with Crippen molar-refractivity contribution >= 4 is 11.6 Å². The summed E-state index contributed by atoms with van der Waals surface area (Å²) in [5, 5.41) is 15.0. The van der Waals surface area contributed by atoms with E-state index in [1.807, 2.05) is 66.3 Å². The zero-order valence-electron chi connectivity index (χ0n) is 15.5. The normalized spacial score (nSPS) is 19.2. The summed E-state index contributed by atoms with van der Waals surface area (Å²) in [6.45, 7) is 6.05. The molecule has 1 aromatic heterocycles. The van der Waals surface area contributed by atoms with Gasteiger partial charge in [0.1, 0.15) is 5.69 Å². The molecule has 27 heavy (non-hydrogen) atoms. The third-order valence-electron chi connectivity index (χ3n) is 5.14. The summed E-state index contributed by atoms with van der Waals surface area (Å²) < 4.78 is 1.93. The minimum absolute atomic E-state index is 0.124. The van der Waals surface area contributed by atoms with Crippen molar-refractivity contribution in [1.29, 1.82) is 0 Å². The number of benzene rings is 2. The van der Waals surface area contributed by atoms with Crippen molar-refractivity contribution in [3.05, 3.63) is 65.9 Å². The van der Waals surface area contributed by atoms with Crippen LogP contribution in [0, 0.1) is 12.8 Å². The van der Waals surface area contributed by atoms with Gasteiger partial charge >= 0.3 is 0 Å². The molecule has 138 valence electrons. The van der Waals surface area contributed by atoms with Crippen LogP contribution in [-0.4, -0.2) is 34.0 Å². The molecule has 2 N–H and O–H groups in total. The Morgan fingerprint density at radius 2 is 2.00 bits per heavy atom. The number of rotatable bonds is 4. The van der Waals surface area contributed by atoms with Crippen LogP contribution in [0.2, 0.25) is 0 Å². The maximum absolute atomic E-state index is 12.7. The lowest BCUT2D eigenvalue weighted by Crippen LogP contribution is -2.16. The number of nitrogens with zero attached hydrogens (tertiary/aromatic N) is 3. The molecule has 0 radical (unpaired) electrons. The van der Waals surface area contributed by atoms with Crippen molar-refractivity contribution in [2.45, 2.75) is 19.9 Å². The molecule has 1 saturated heterocycles. The molecular formula is C21H23N5O. The van der Waals surface area contributed by atoms with Crippen molar-refractivity contribution in [3.8, 4) is 11.3 Å². The highest BCUT2D eigenvalue weighted by Gasteiger charge is 2.26. The average Bonchev–Trinajstić information content (AvgIpc) is 3.31. The number of para-hydroxylation sites is 1. The summed E-state index contributed by atoms with van der Waals surface area (Å²) >= 11 is 0. The fraction of sp³-hybridized carbons (Fsp3) is 0.286. The first-order valence-electron chi connectivity index (χ1n) is 9.22. The molecule has 0 spiro atoms. The van der Waals surface area contributed by atoms with E-state index in [1.54, 1.807) is 0 Å². The van der Waals surface area contributed by atoms with Crippen LogP contribution in [0.4, 0.5) is 5.69 Å². The van der Waals surface area contributed by atoms with Gasteiger partial charge in [0.25, 0.3) is 5.91 Å². The molecule has 2 atom stereocenters. The van der Waals surface area contributed by atoms with Crippen molar-refractivity contribution < 1.29 is 4.79 Å². The predicted molar refractivity (Wildman–Crippen MR) is 106 cm³/mol. The predicted octanol–water partition coefficient (Wildman–Crippen LogP) is 3.29. The van der Waals surface area contributed by atoms with Gasteiger partial charge in [-0.1, -0.05) is 42.5 Å². The van der Waals surface area contributed by atoms with Gasteiger partial charge in [-0.3, -0.25) is 4.79 Å². The van der Waals surface area contributed by atoms with Crippen molar-refractivity contribution in [2.24, 2.45) is 5.92 Å². The van der Waals surface area contributed by atoms with Crippen LogP contribution in [0.15, 0.2) is 54.7 Å². The number of carbonyl (C=O) groups is 1. The lowest BCUT2D eigenvalue weighted by atomic mass is 10.0. The molecule has 6 heteroatoms. The molecule has 4 rings (SSSR count). The SMILES string of the molecule is Cc1ccc(-c2cn([C@H]3CNC[C@H]3C)nn2)cc1C(=O)Nc1ccccc1. The molecule has 3 aromatic rings. The second-order valence-electron chi connectivity index (χ2n) is 7.14. The molecule has 1 amide bonds. The minimum Gasteiger partial charge on any atom is -0.322 e. The summed E-state index contributed by atoms with van der Waals surface area (Å²) in [5.74, 6) is 0.395. The number of anilines is 1. The van der Waals surface area contributed by atoms with Crippen molar-refractivity contribution in [2.75, 3.05) is 18.4 Å². The van der Waals surface area contributed by atoms with Gasteiger partial charge in [-0.05, 0) is 43.1 Å². The molecular weight excluding hydrogens is 338 g/mol. The third-order valence-corrected chi connectivity index (χ3v) is 5.14. The smallest absolute Gasteiger partial charge is 0.255 e. The first-order valence-corrected chi connectivity index (χ1v) is 9.22. The highest BCUT2D eigenvalue weighted by atomic mass is 16.1. The number of hydrogen-bond acceptors (Lipinski definition) is 4. The minimum atomic E-state index is -0.124. The van der Waals surface area contributed by atoms with Crippen LogP contribution in [0.3, 0.4) is 0 Å². The van der Waals surface area contributed by atoms with E-state index in [2.05, 4.69) is 27.9 Å². The molecule has 6 nitrogen and oxygen atoms in total. The quantitative estimate of drug-likeness (QED) is 0.748.